The lowest BCUT2D eigenvalue weighted by Crippen LogP contribution is -2.20. The van der Waals surface area contributed by atoms with E-state index in [9.17, 15) is 5.11 Å². The normalized spacial score (nSPS) is 19.4. The molecule has 104 valence electrons. The van der Waals surface area contributed by atoms with Crippen LogP contribution in [0.15, 0.2) is 48.7 Å². The van der Waals surface area contributed by atoms with E-state index < -0.39 is 0 Å². The van der Waals surface area contributed by atoms with E-state index in [4.69, 9.17) is 0 Å². The van der Waals surface area contributed by atoms with Crippen molar-refractivity contribution in [3.05, 3.63) is 54.2 Å². The Labute approximate surface area is 119 Å². The second-order valence-corrected chi connectivity index (χ2v) is 5.49. The molecule has 20 heavy (non-hydrogen) atoms. The van der Waals surface area contributed by atoms with Gasteiger partial charge in [-0.05, 0) is 42.6 Å². The van der Waals surface area contributed by atoms with Crippen molar-refractivity contribution in [3.8, 4) is 11.3 Å². The monoisotopic (exact) mass is 268 g/mol. The lowest BCUT2D eigenvalue weighted by molar-refractivity contribution is 0.220. The minimum atomic E-state index is 0.310. The van der Waals surface area contributed by atoms with Gasteiger partial charge < -0.3 is 5.11 Å². The maximum absolute atomic E-state index is 9.21. The summed E-state index contributed by atoms with van der Waals surface area (Å²) in [7, 11) is 0. The van der Waals surface area contributed by atoms with Crippen LogP contribution in [0.5, 0.6) is 0 Å². The predicted molar refractivity (Wildman–Crippen MR) is 80.1 cm³/mol. The van der Waals surface area contributed by atoms with Crippen molar-refractivity contribution in [1.29, 1.82) is 0 Å². The van der Waals surface area contributed by atoms with Crippen LogP contribution in [0.25, 0.3) is 11.3 Å². The van der Waals surface area contributed by atoms with Gasteiger partial charge in [0.05, 0.1) is 5.69 Å². The van der Waals surface area contributed by atoms with Crippen LogP contribution in [0.4, 0.5) is 0 Å². The van der Waals surface area contributed by atoms with Crippen molar-refractivity contribution in [2.45, 2.75) is 13.0 Å². The van der Waals surface area contributed by atoms with Crippen LogP contribution in [0.3, 0.4) is 0 Å². The molecule has 3 nitrogen and oxygen atoms in total. The number of likely N-dealkylation sites (tertiary alicyclic amines) is 1. The molecule has 2 aromatic rings. The Balaban J connectivity index is 1.72. The highest BCUT2D eigenvalue weighted by Gasteiger charge is 2.21. The molecular formula is C17H20N2O. The molecule has 0 spiro atoms. The first-order valence-electron chi connectivity index (χ1n) is 7.19. The third-order valence-corrected chi connectivity index (χ3v) is 3.92. The SMILES string of the molecule is OCC1CCN(Cc2cccc(-c3ccccn3)c2)C1. The molecule has 0 bridgehead atoms. The molecule has 0 saturated carbocycles. The molecule has 1 aromatic heterocycles. The van der Waals surface area contributed by atoms with Crippen LogP contribution in [0.1, 0.15) is 12.0 Å². The third kappa shape index (κ3) is 3.06. The van der Waals surface area contributed by atoms with E-state index in [0.717, 1.165) is 31.7 Å². The van der Waals surface area contributed by atoms with Gasteiger partial charge in [-0.1, -0.05) is 24.3 Å². The van der Waals surface area contributed by atoms with Gasteiger partial charge >= 0.3 is 0 Å². The van der Waals surface area contributed by atoms with E-state index in [1.54, 1.807) is 0 Å². The summed E-state index contributed by atoms with van der Waals surface area (Å²) in [6.07, 6.45) is 2.94. The van der Waals surface area contributed by atoms with Crippen molar-refractivity contribution < 1.29 is 5.11 Å². The van der Waals surface area contributed by atoms with Gasteiger partial charge in [-0.15, -0.1) is 0 Å². The van der Waals surface area contributed by atoms with Crippen molar-refractivity contribution in [2.24, 2.45) is 5.92 Å². The minimum absolute atomic E-state index is 0.310. The zero-order valence-electron chi connectivity index (χ0n) is 11.6. The highest BCUT2D eigenvalue weighted by molar-refractivity contribution is 5.59. The van der Waals surface area contributed by atoms with Gasteiger partial charge in [-0.3, -0.25) is 9.88 Å². The molecule has 0 radical (unpaired) electrons. The van der Waals surface area contributed by atoms with Gasteiger partial charge in [0.2, 0.25) is 0 Å². The number of hydrogen-bond acceptors (Lipinski definition) is 3. The molecule has 3 heteroatoms. The Kier molecular flexibility index (Phi) is 4.09. The number of hydrogen-bond donors (Lipinski definition) is 1. The van der Waals surface area contributed by atoms with E-state index in [-0.39, 0.29) is 0 Å². The molecular weight excluding hydrogens is 248 g/mol. The summed E-state index contributed by atoms with van der Waals surface area (Å²) in [6.45, 7) is 3.35. The van der Waals surface area contributed by atoms with Crippen molar-refractivity contribution >= 4 is 0 Å². The average molecular weight is 268 g/mol. The maximum Gasteiger partial charge on any atom is 0.0702 e. The maximum atomic E-state index is 9.21. The predicted octanol–water partition coefficient (Wildman–Crippen LogP) is 2.56. The van der Waals surface area contributed by atoms with Gasteiger partial charge in [-0.2, -0.15) is 0 Å². The first kappa shape index (κ1) is 13.3. The summed E-state index contributed by atoms with van der Waals surface area (Å²) in [5.74, 6) is 0.453. The van der Waals surface area contributed by atoms with Crippen molar-refractivity contribution in [1.82, 2.24) is 9.88 Å². The first-order chi connectivity index (χ1) is 9.85. The van der Waals surface area contributed by atoms with Crippen molar-refractivity contribution in [3.63, 3.8) is 0 Å². The number of aromatic nitrogens is 1. The Morgan fingerprint density at radius 1 is 1.20 bits per heavy atom. The Hall–Kier alpha value is -1.71. The van der Waals surface area contributed by atoms with Crippen molar-refractivity contribution in [2.75, 3.05) is 19.7 Å². The van der Waals surface area contributed by atoms with Gasteiger partial charge in [0, 0.05) is 31.5 Å². The van der Waals surface area contributed by atoms with E-state index in [0.29, 0.717) is 12.5 Å². The standard InChI is InChI=1S/C17H20N2O/c20-13-15-7-9-19(12-15)11-14-4-3-5-16(10-14)17-6-1-2-8-18-17/h1-6,8,10,15,20H,7,9,11-13H2. The fourth-order valence-corrected chi connectivity index (χ4v) is 2.83. The van der Waals surface area contributed by atoms with E-state index >= 15 is 0 Å². The molecule has 1 aromatic carbocycles. The van der Waals surface area contributed by atoms with Crippen LogP contribution in [0.2, 0.25) is 0 Å². The smallest absolute Gasteiger partial charge is 0.0702 e. The van der Waals surface area contributed by atoms with Crippen LogP contribution in [-0.2, 0) is 6.54 Å². The van der Waals surface area contributed by atoms with Crippen LogP contribution in [0, 0.1) is 5.92 Å². The third-order valence-electron chi connectivity index (χ3n) is 3.92. The fourth-order valence-electron chi connectivity index (χ4n) is 2.83. The number of benzene rings is 1. The topological polar surface area (TPSA) is 36.4 Å². The molecule has 1 atom stereocenters. The molecule has 1 aliphatic rings. The number of rotatable bonds is 4. The fraction of sp³-hybridized carbons (Fsp3) is 0.353. The summed E-state index contributed by atoms with van der Waals surface area (Å²) in [6, 6.07) is 14.6. The summed E-state index contributed by atoms with van der Waals surface area (Å²) in [5, 5.41) is 9.21. The van der Waals surface area contributed by atoms with E-state index in [1.165, 1.54) is 11.1 Å². The quantitative estimate of drug-likeness (QED) is 0.926. The number of nitrogens with zero attached hydrogens (tertiary/aromatic N) is 2. The lowest BCUT2D eigenvalue weighted by atomic mass is 10.1. The Morgan fingerprint density at radius 3 is 2.90 bits per heavy atom. The largest absolute Gasteiger partial charge is 0.396 e. The minimum Gasteiger partial charge on any atom is -0.396 e. The van der Waals surface area contributed by atoms with E-state index in [2.05, 4.69) is 34.1 Å². The van der Waals surface area contributed by atoms with E-state index in [1.807, 2.05) is 24.4 Å². The molecule has 2 heterocycles. The van der Waals surface area contributed by atoms with Gasteiger partial charge in [0.15, 0.2) is 0 Å². The van der Waals surface area contributed by atoms with Crippen LogP contribution < -0.4 is 0 Å². The molecule has 1 unspecified atom stereocenters. The first-order valence-corrected chi connectivity index (χ1v) is 7.19. The molecule has 1 fully saturated rings. The second kappa shape index (κ2) is 6.16. The number of aliphatic hydroxyl groups excluding tert-OH is 1. The highest BCUT2D eigenvalue weighted by Crippen LogP contribution is 2.21. The van der Waals surface area contributed by atoms with Crippen LogP contribution in [-0.4, -0.2) is 34.7 Å². The number of aliphatic hydroxyl groups is 1. The summed E-state index contributed by atoms with van der Waals surface area (Å²) in [5.41, 5.74) is 3.50. The molecule has 1 N–H and O–H groups in total. The van der Waals surface area contributed by atoms with Gasteiger partial charge in [0.25, 0.3) is 0 Å². The number of pyridine rings is 1. The zero-order chi connectivity index (χ0) is 13.8. The summed E-state index contributed by atoms with van der Waals surface area (Å²) in [4.78, 5) is 6.82. The molecule has 0 aliphatic carbocycles. The molecule has 0 amide bonds. The molecule has 1 saturated heterocycles. The Bertz CT molecular complexity index is 556. The van der Waals surface area contributed by atoms with Gasteiger partial charge in [-0.25, -0.2) is 0 Å². The van der Waals surface area contributed by atoms with Gasteiger partial charge in [0.1, 0.15) is 0 Å². The lowest BCUT2D eigenvalue weighted by Gasteiger charge is -2.16. The highest BCUT2D eigenvalue weighted by atomic mass is 16.3. The zero-order valence-corrected chi connectivity index (χ0v) is 11.6. The summed E-state index contributed by atoms with van der Waals surface area (Å²) >= 11 is 0. The molecule has 1 aliphatic heterocycles. The Morgan fingerprint density at radius 2 is 2.15 bits per heavy atom. The van der Waals surface area contributed by atoms with Crippen LogP contribution >= 0.6 is 0 Å². The average Bonchev–Trinajstić information content (AvgIpc) is 2.96. The summed E-state index contributed by atoms with van der Waals surface area (Å²) < 4.78 is 0. The second-order valence-electron chi connectivity index (χ2n) is 5.49. The molecule has 3 rings (SSSR count).